The van der Waals surface area contributed by atoms with Crippen LogP contribution in [0.3, 0.4) is 0 Å². The van der Waals surface area contributed by atoms with Crippen LogP contribution in [0.25, 0.3) is 0 Å². The zero-order chi connectivity index (χ0) is 14.1. The van der Waals surface area contributed by atoms with Crippen molar-refractivity contribution in [3.8, 4) is 6.07 Å². The molecule has 0 aromatic rings. The van der Waals surface area contributed by atoms with Crippen LogP contribution in [0.4, 0.5) is 4.79 Å². The van der Waals surface area contributed by atoms with Crippen LogP contribution in [0.1, 0.15) is 40.0 Å². The van der Waals surface area contributed by atoms with E-state index in [-0.39, 0.29) is 12.2 Å². The molecule has 19 heavy (non-hydrogen) atoms. The smallest absolute Gasteiger partial charge is 0.410 e. The fourth-order valence-corrected chi connectivity index (χ4v) is 2.54. The third-order valence-electron chi connectivity index (χ3n) is 3.49. The third-order valence-corrected chi connectivity index (χ3v) is 3.49. The van der Waals surface area contributed by atoms with Crippen molar-refractivity contribution in [3.05, 3.63) is 0 Å². The first kappa shape index (κ1) is 14.1. The summed E-state index contributed by atoms with van der Waals surface area (Å²) in [5, 5.41) is 9.47. The molecule has 0 N–H and O–H groups in total. The minimum Gasteiger partial charge on any atom is -0.444 e. The summed E-state index contributed by atoms with van der Waals surface area (Å²) >= 11 is 0. The second-order valence-electron chi connectivity index (χ2n) is 6.56. The zero-order valence-electron chi connectivity index (χ0n) is 11.9. The highest BCUT2D eigenvalue weighted by Gasteiger charge is 2.43. The quantitative estimate of drug-likeness (QED) is 0.719. The van der Waals surface area contributed by atoms with E-state index in [9.17, 15) is 10.1 Å². The summed E-state index contributed by atoms with van der Waals surface area (Å²) in [6, 6.07) is 2.41. The largest absolute Gasteiger partial charge is 0.444 e. The predicted molar refractivity (Wildman–Crippen MR) is 69.4 cm³/mol. The Morgan fingerprint density at radius 1 is 1.58 bits per heavy atom. The molecule has 5 heteroatoms. The number of nitriles is 1. The van der Waals surface area contributed by atoms with Gasteiger partial charge in [0, 0.05) is 13.1 Å². The summed E-state index contributed by atoms with van der Waals surface area (Å²) in [4.78, 5) is 13.7. The van der Waals surface area contributed by atoms with Crippen molar-refractivity contribution >= 4 is 6.09 Å². The topological polar surface area (TPSA) is 65.9 Å². The highest BCUT2D eigenvalue weighted by Crippen LogP contribution is 2.37. The Balaban J connectivity index is 1.99. The maximum Gasteiger partial charge on any atom is 0.410 e. The summed E-state index contributed by atoms with van der Waals surface area (Å²) in [6.07, 6.45) is 2.30. The molecule has 1 amide bonds. The van der Waals surface area contributed by atoms with Gasteiger partial charge in [0.1, 0.15) is 5.60 Å². The Hall–Kier alpha value is -1.28. The van der Waals surface area contributed by atoms with Gasteiger partial charge in [-0.25, -0.2) is 4.79 Å². The molecule has 0 spiro atoms. The van der Waals surface area contributed by atoms with E-state index < -0.39 is 11.0 Å². The number of nitrogens with zero attached hydrogens (tertiary/aromatic N) is 2. The average Bonchev–Trinajstić information content (AvgIpc) is 3.11. The molecule has 0 saturated carbocycles. The highest BCUT2D eigenvalue weighted by atomic mass is 16.6. The molecule has 2 heterocycles. The number of hydrogen-bond donors (Lipinski definition) is 0. The van der Waals surface area contributed by atoms with Gasteiger partial charge in [-0.15, -0.1) is 0 Å². The van der Waals surface area contributed by atoms with E-state index in [1.807, 2.05) is 20.8 Å². The summed E-state index contributed by atoms with van der Waals surface area (Å²) in [5.41, 5.74) is -0.959. The maximum atomic E-state index is 12.1. The Morgan fingerprint density at radius 2 is 2.26 bits per heavy atom. The fraction of sp³-hybridized carbons (Fsp3) is 0.857. The van der Waals surface area contributed by atoms with Crippen LogP contribution in [-0.2, 0) is 9.47 Å². The molecule has 0 unspecified atom stereocenters. The van der Waals surface area contributed by atoms with Gasteiger partial charge in [-0.05, 0) is 40.0 Å². The van der Waals surface area contributed by atoms with Crippen molar-refractivity contribution in [1.29, 1.82) is 5.26 Å². The molecule has 0 bridgehead atoms. The van der Waals surface area contributed by atoms with Crippen molar-refractivity contribution in [1.82, 2.24) is 4.90 Å². The first-order valence-corrected chi connectivity index (χ1v) is 6.84. The fourth-order valence-electron chi connectivity index (χ4n) is 2.54. The Labute approximate surface area is 114 Å². The lowest BCUT2D eigenvalue weighted by Crippen LogP contribution is -2.47. The van der Waals surface area contributed by atoms with Gasteiger partial charge in [0.25, 0.3) is 0 Å². The predicted octanol–water partition coefficient (Wildman–Crippen LogP) is 2.32. The van der Waals surface area contributed by atoms with Crippen molar-refractivity contribution < 1.29 is 14.3 Å². The zero-order valence-corrected chi connectivity index (χ0v) is 11.9. The van der Waals surface area contributed by atoms with Gasteiger partial charge in [-0.1, -0.05) is 0 Å². The lowest BCUT2D eigenvalue weighted by atomic mass is 9.77. The molecule has 0 aromatic carbocycles. The number of likely N-dealkylation sites (tertiary alicyclic amines) is 1. The Morgan fingerprint density at radius 3 is 2.79 bits per heavy atom. The number of rotatable bonds is 2. The highest BCUT2D eigenvalue weighted by molar-refractivity contribution is 5.68. The summed E-state index contributed by atoms with van der Waals surface area (Å²) in [6.45, 7) is 7.43. The molecule has 0 aromatic heterocycles. The molecule has 2 fully saturated rings. The van der Waals surface area contributed by atoms with Crippen LogP contribution < -0.4 is 0 Å². The van der Waals surface area contributed by atoms with Crippen molar-refractivity contribution in [2.45, 2.75) is 51.7 Å². The van der Waals surface area contributed by atoms with E-state index in [4.69, 9.17) is 9.47 Å². The van der Waals surface area contributed by atoms with Gasteiger partial charge >= 0.3 is 6.09 Å². The van der Waals surface area contributed by atoms with E-state index >= 15 is 0 Å². The van der Waals surface area contributed by atoms with Gasteiger partial charge in [0.05, 0.1) is 24.2 Å². The van der Waals surface area contributed by atoms with E-state index in [1.54, 1.807) is 4.90 Å². The first-order chi connectivity index (χ1) is 8.84. The summed E-state index contributed by atoms with van der Waals surface area (Å²) < 4.78 is 10.6. The molecule has 2 aliphatic rings. The van der Waals surface area contributed by atoms with Crippen LogP contribution in [0.2, 0.25) is 0 Å². The van der Waals surface area contributed by atoms with E-state index in [1.165, 1.54) is 0 Å². The van der Waals surface area contributed by atoms with Crippen molar-refractivity contribution in [3.63, 3.8) is 0 Å². The third kappa shape index (κ3) is 3.84. The SMILES string of the molecule is CC(C)(C)OC(=O)N1CCC[C@@](C#N)(C[C@H]2CO2)C1. The van der Waals surface area contributed by atoms with Crippen molar-refractivity contribution in [2.75, 3.05) is 19.7 Å². The molecular formula is C14H22N2O3. The number of epoxide rings is 1. The molecule has 2 atom stereocenters. The Kier molecular flexibility index (Phi) is 3.73. The molecule has 0 aliphatic carbocycles. The maximum absolute atomic E-state index is 12.1. The van der Waals surface area contributed by atoms with E-state index in [2.05, 4.69) is 6.07 Å². The normalized spacial score (nSPS) is 30.6. The second-order valence-corrected chi connectivity index (χ2v) is 6.56. The van der Waals surface area contributed by atoms with E-state index in [0.717, 1.165) is 25.9 Å². The number of hydrogen-bond acceptors (Lipinski definition) is 4. The lowest BCUT2D eigenvalue weighted by Gasteiger charge is -2.38. The standard InChI is InChI=1S/C14H22N2O3/c1-13(2,3)19-12(17)16-6-4-5-14(9-15,10-16)7-11-8-18-11/h11H,4-8,10H2,1-3H3/t11-,14-/m0/s1. The Bertz CT molecular complexity index is 392. The van der Waals surface area contributed by atoms with Gasteiger partial charge in [0.2, 0.25) is 0 Å². The first-order valence-electron chi connectivity index (χ1n) is 6.84. The number of piperidine rings is 1. The average molecular weight is 266 g/mol. The molecule has 106 valence electrons. The van der Waals surface area contributed by atoms with Gasteiger partial charge < -0.3 is 14.4 Å². The number of amides is 1. The monoisotopic (exact) mass is 266 g/mol. The molecule has 2 saturated heterocycles. The van der Waals surface area contributed by atoms with Crippen LogP contribution >= 0.6 is 0 Å². The van der Waals surface area contributed by atoms with Gasteiger partial charge in [-0.3, -0.25) is 0 Å². The van der Waals surface area contributed by atoms with Gasteiger partial charge in [0.15, 0.2) is 0 Å². The number of ether oxygens (including phenoxy) is 2. The van der Waals surface area contributed by atoms with Crippen LogP contribution in [-0.4, -0.2) is 42.4 Å². The molecular weight excluding hydrogens is 244 g/mol. The molecule has 5 nitrogen and oxygen atoms in total. The summed E-state index contributed by atoms with van der Waals surface area (Å²) in [7, 11) is 0. The minimum absolute atomic E-state index is 0.207. The number of carbonyl (C=O) groups is 1. The lowest BCUT2D eigenvalue weighted by molar-refractivity contribution is 0.00952. The minimum atomic E-state index is -0.497. The molecule has 2 rings (SSSR count). The van der Waals surface area contributed by atoms with Crippen molar-refractivity contribution in [2.24, 2.45) is 5.41 Å². The van der Waals surface area contributed by atoms with Crippen LogP contribution in [0.15, 0.2) is 0 Å². The van der Waals surface area contributed by atoms with E-state index in [0.29, 0.717) is 13.1 Å². The second kappa shape index (κ2) is 5.01. The molecule has 2 aliphatic heterocycles. The van der Waals surface area contributed by atoms with Crippen LogP contribution in [0.5, 0.6) is 0 Å². The van der Waals surface area contributed by atoms with Crippen LogP contribution in [0, 0.1) is 16.7 Å². The molecule has 0 radical (unpaired) electrons. The van der Waals surface area contributed by atoms with Gasteiger partial charge in [-0.2, -0.15) is 5.26 Å². The number of carbonyl (C=O) groups excluding carboxylic acids is 1. The summed E-state index contributed by atoms with van der Waals surface area (Å²) in [5.74, 6) is 0.